The third kappa shape index (κ3) is 6.92. The maximum Gasteiger partial charge on any atom is 0.252 e. The first-order valence-corrected chi connectivity index (χ1v) is 6.68. The second kappa shape index (κ2) is 10.2. The summed E-state index contributed by atoms with van der Waals surface area (Å²) in [7, 11) is 1.67. The summed E-state index contributed by atoms with van der Waals surface area (Å²) < 4.78 is 5.74. The van der Waals surface area contributed by atoms with Crippen molar-refractivity contribution < 1.29 is 9.53 Å². The highest BCUT2D eigenvalue weighted by molar-refractivity contribution is 9.10. The number of carbonyl (C=O) groups is 1. The Balaban J connectivity index is 0.00000324. The summed E-state index contributed by atoms with van der Waals surface area (Å²) in [5.41, 5.74) is 1.79. The van der Waals surface area contributed by atoms with E-state index >= 15 is 0 Å². The first-order chi connectivity index (χ1) is 8.65. The molecule has 0 atom stereocenters. The molecule has 2 N–H and O–H groups in total. The monoisotopic (exact) mass is 350 g/mol. The minimum Gasteiger partial charge on any atom is -0.383 e. The zero-order valence-electron chi connectivity index (χ0n) is 11.2. The molecule has 4 nitrogen and oxygen atoms in total. The summed E-state index contributed by atoms with van der Waals surface area (Å²) in [6, 6.07) is 5.69. The molecular weight excluding hydrogens is 332 g/mol. The zero-order chi connectivity index (χ0) is 13.4. The van der Waals surface area contributed by atoms with Crippen LogP contribution >= 0.6 is 28.3 Å². The van der Waals surface area contributed by atoms with E-state index < -0.39 is 0 Å². The Labute approximate surface area is 128 Å². The van der Waals surface area contributed by atoms with E-state index in [1.807, 2.05) is 25.1 Å². The molecule has 0 spiro atoms. The van der Waals surface area contributed by atoms with E-state index in [4.69, 9.17) is 4.74 Å². The molecule has 0 unspecified atom stereocenters. The van der Waals surface area contributed by atoms with Crippen LogP contribution in [0, 0.1) is 6.92 Å². The molecule has 0 radical (unpaired) electrons. The van der Waals surface area contributed by atoms with Gasteiger partial charge in [0.2, 0.25) is 0 Å². The summed E-state index contributed by atoms with van der Waals surface area (Å²) in [6.07, 6.45) is 0. The number of benzene rings is 1. The van der Waals surface area contributed by atoms with Crippen LogP contribution in [0.2, 0.25) is 0 Å². The van der Waals surface area contributed by atoms with Crippen LogP contribution in [0.5, 0.6) is 0 Å². The highest BCUT2D eigenvalue weighted by atomic mass is 79.9. The van der Waals surface area contributed by atoms with Crippen LogP contribution in [0.4, 0.5) is 0 Å². The molecule has 0 heterocycles. The quantitative estimate of drug-likeness (QED) is 0.740. The van der Waals surface area contributed by atoms with E-state index in [9.17, 15) is 4.79 Å². The van der Waals surface area contributed by atoms with Gasteiger partial charge in [0.1, 0.15) is 0 Å². The van der Waals surface area contributed by atoms with E-state index in [0.717, 1.165) is 23.1 Å². The van der Waals surface area contributed by atoms with Crippen LogP contribution in [0.3, 0.4) is 0 Å². The van der Waals surface area contributed by atoms with Crippen molar-refractivity contribution in [3.63, 3.8) is 0 Å². The molecule has 0 saturated heterocycles. The number of hydrogen-bond donors (Lipinski definition) is 2. The molecule has 0 fully saturated rings. The molecule has 0 aliphatic rings. The number of aryl methyl sites for hydroxylation is 1. The molecule has 1 aromatic carbocycles. The van der Waals surface area contributed by atoms with Gasteiger partial charge in [0, 0.05) is 31.2 Å². The van der Waals surface area contributed by atoms with Gasteiger partial charge in [-0.25, -0.2) is 0 Å². The number of hydrogen-bond acceptors (Lipinski definition) is 3. The minimum absolute atomic E-state index is 0. The van der Waals surface area contributed by atoms with Crippen molar-refractivity contribution in [1.82, 2.24) is 10.6 Å². The Morgan fingerprint density at radius 1 is 1.32 bits per heavy atom. The van der Waals surface area contributed by atoms with Crippen LogP contribution in [0.15, 0.2) is 22.7 Å². The van der Waals surface area contributed by atoms with Gasteiger partial charge in [-0.05, 0) is 40.5 Å². The summed E-state index contributed by atoms with van der Waals surface area (Å²) in [4.78, 5) is 11.9. The van der Waals surface area contributed by atoms with Crippen LogP contribution in [0.25, 0.3) is 0 Å². The zero-order valence-corrected chi connectivity index (χ0v) is 13.6. The molecule has 0 aromatic heterocycles. The van der Waals surface area contributed by atoms with Crippen molar-refractivity contribution in [2.45, 2.75) is 6.92 Å². The van der Waals surface area contributed by atoms with Crippen LogP contribution in [-0.4, -0.2) is 39.3 Å². The lowest BCUT2D eigenvalue weighted by atomic mass is 10.1. The molecule has 6 heteroatoms. The maximum absolute atomic E-state index is 11.9. The molecular formula is C13H20BrClN2O2. The number of ether oxygens (including phenoxy) is 1. The third-order valence-electron chi connectivity index (χ3n) is 2.44. The lowest BCUT2D eigenvalue weighted by molar-refractivity contribution is 0.0953. The van der Waals surface area contributed by atoms with Gasteiger partial charge in [0.25, 0.3) is 5.91 Å². The maximum atomic E-state index is 11.9. The van der Waals surface area contributed by atoms with Crippen LogP contribution in [0.1, 0.15) is 15.9 Å². The first kappa shape index (κ1) is 18.4. The number of nitrogens with one attached hydrogen (secondary N) is 2. The van der Waals surface area contributed by atoms with Gasteiger partial charge < -0.3 is 15.4 Å². The molecule has 1 rings (SSSR count). The Kier molecular flexibility index (Phi) is 9.87. The van der Waals surface area contributed by atoms with E-state index in [0.29, 0.717) is 18.7 Å². The number of carbonyl (C=O) groups excluding carboxylic acids is 1. The number of methoxy groups -OCH3 is 1. The summed E-state index contributed by atoms with van der Waals surface area (Å²) in [5, 5.41) is 6.03. The number of amides is 1. The number of rotatable bonds is 7. The SMILES string of the molecule is COCCNCCNC(=O)c1ccc(C)cc1Br.Cl. The fourth-order valence-corrected chi connectivity index (χ4v) is 2.14. The van der Waals surface area contributed by atoms with E-state index in [-0.39, 0.29) is 18.3 Å². The van der Waals surface area contributed by atoms with Gasteiger partial charge in [0.15, 0.2) is 0 Å². The van der Waals surface area contributed by atoms with Gasteiger partial charge in [-0.3, -0.25) is 4.79 Å². The Morgan fingerprint density at radius 3 is 2.68 bits per heavy atom. The lowest BCUT2D eigenvalue weighted by Crippen LogP contribution is -2.33. The fraction of sp³-hybridized carbons (Fsp3) is 0.462. The smallest absolute Gasteiger partial charge is 0.252 e. The average Bonchev–Trinajstić information content (AvgIpc) is 2.33. The van der Waals surface area contributed by atoms with Gasteiger partial charge in [-0.15, -0.1) is 12.4 Å². The molecule has 1 aromatic rings. The van der Waals surface area contributed by atoms with Crippen LogP contribution in [-0.2, 0) is 4.74 Å². The Morgan fingerprint density at radius 2 is 2.05 bits per heavy atom. The highest BCUT2D eigenvalue weighted by Gasteiger charge is 2.08. The topological polar surface area (TPSA) is 50.4 Å². The van der Waals surface area contributed by atoms with Crippen molar-refractivity contribution in [2.24, 2.45) is 0 Å². The summed E-state index contributed by atoms with van der Waals surface area (Å²) >= 11 is 3.40. The number of halogens is 2. The normalized spacial score (nSPS) is 9.84. The van der Waals surface area contributed by atoms with Crippen molar-refractivity contribution in [3.8, 4) is 0 Å². The van der Waals surface area contributed by atoms with E-state index in [2.05, 4.69) is 26.6 Å². The molecule has 0 aliphatic carbocycles. The van der Waals surface area contributed by atoms with Crippen LogP contribution < -0.4 is 10.6 Å². The predicted molar refractivity (Wildman–Crippen MR) is 83.2 cm³/mol. The second-order valence-electron chi connectivity index (χ2n) is 3.98. The Bertz CT molecular complexity index is 402. The fourth-order valence-electron chi connectivity index (χ4n) is 1.46. The summed E-state index contributed by atoms with van der Waals surface area (Å²) in [5.74, 6) is -0.0598. The van der Waals surface area contributed by atoms with Crippen molar-refractivity contribution in [1.29, 1.82) is 0 Å². The van der Waals surface area contributed by atoms with E-state index in [1.165, 1.54) is 0 Å². The predicted octanol–water partition coefficient (Wildman–Crippen LogP) is 2.15. The van der Waals surface area contributed by atoms with Crippen molar-refractivity contribution in [3.05, 3.63) is 33.8 Å². The standard InChI is InChI=1S/C13H19BrN2O2.ClH/c1-10-3-4-11(12(14)9-10)13(17)16-6-5-15-7-8-18-2;/h3-4,9,15H,5-8H2,1-2H3,(H,16,17);1H. The molecule has 0 aliphatic heterocycles. The second-order valence-corrected chi connectivity index (χ2v) is 4.84. The lowest BCUT2D eigenvalue weighted by Gasteiger charge is -2.08. The van der Waals surface area contributed by atoms with Gasteiger partial charge in [-0.1, -0.05) is 6.07 Å². The van der Waals surface area contributed by atoms with Crippen molar-refractivity contribution >= 4 is 34.2 Å². The minimum atomic E-state index is -0.0598. The Hall–Kier alpha value is -0.620. The average molecular weight is 352 g/mol. The van der Waals surface area contributed by atoms with Gasteiger partial charge >= 0.3 is 0 Å². The molecule has 0 saturated carbocycles. The molecule has 0 bridgehead atoms. The van der Waals surface area contributed by atoms with Gasteiger partial charge in [0.05, 0.1) is 12.2 Å². The largest absolute Gasteiger partial charge is 0.383 e. The highest BCUT2D eigenvalue weighted by Crippen LogP contribution is 2.17. The van der Waals surface area contributed by atoms with E-state index in [1.54, 1.807) is 7.11 Å². The third-order valence-corrected chi connectivity index (χ3v) is 3.10. The molecule has 19 heavy (non-hydrogen) atoms. The van der Waals surface area contributed by atoms with Gasteiger partial charge in [-0.2, -0.15) is 0 Å². The first-order valence-electron chi connectivity index (χ1n) is 5.89. The molecule has 1 amide bonds. The summed E-state index contributed by atoms with van der Waals surface area (Å²) in [6.45, 7) is 4.80. The molecule has 108 valence electrons. The van der Waals surface area contributed by atoms with Crippen molar-refractivity contribution in [2.75, 3.05) is 33.4 Å².